The molecule has 0 amide bonds. The number of hydrogen-bond acceptors (Lipinski definition) is 5. The molecule has 0 aliphatic heterocycles. The van der Waals surface area contributed by atoms with E-state index in [4.69, 9.17) is 9.47 Å². The maximum Gasteiger partial charge on any atom is 0.306 e. The van der Waals surface area contributed by atoms with Crippen LogP contribution < -0.4 is 0 Å². The molecule has 70 heavy (non-hydrogen) atoms. The molecule has 0 heterocycles. The van der Waals surface area contributed by atoms with Crippen molar-refractivity contribution in [1.82, 2.24) is 0 Å². The van der Waals surface area contributed by atoms with E-state index >= 15 is 0 Å². The number of carbonyl (C=O) groups excluding carboxylic acids is 2. The van der Waals surface area contributed by atoms with Crippen LogP contribution in [0, 0.1) is 0 Å². The predicted octanol–water partition coefficient (Wildman–Crippen LogP) is 21.0. The molecular weight excluding hydrogens is 861 g/mol. The van der Waals surface area contributed by atoms with E-state index in [1.165, 1.54) is 231 Å². The molecule has 0 aromatic rings. The average molecular weight is 980 g/mol. The van der Waals surface area contributed by atoms with Crippen molar-refractivity contribution in [2.45, 2.75) is 328 Å². The van der Waals surface area contributed by atoms with Crippen LogP contribution in [0.1, 0.15) is 322 Å². The first-order valence-electron chi connectivity index (χ1n) is 30.8. The number of unbranched alkanes of at least 4 members (excludes halogenated alkanes) is 39. The minimum Gasteiger partial charge on any atom is -0.462 e. The number of aliphatic hydroxyl groups is 1. The number of esters is 2. The van der Waals surface area contributed by atoms with Gasteiger partial charge in [0.25, 0.3) is 0 Å². The molecule has 0 spiro atoms. The Morgan fingerprint density at radius 2 is 0.614 bits per heavy atom. The Balaban J connectivity index is 3.42. The Labute approximate surface area is 436 Å². The topological polar surface area (TPSA) is 72.8 Å². The van der Waals surface area contributed by atoms with Crippen LogP contribution in [0.5, 0.6) is 0 Å². The summed E-state index contributed by atoms with van der Waals surface area (Å²) in [5, 5.41) is 9.67. The highest BCUT2D eigenvalue weighted by molar-refractivity contribution is 5.70. The van der Waals surface area contributed by atoms with Crippen LogP contribution in [-0.2, 0) is 19.1 Å². The number of aliphatic hydroxyl groups excluding tert-OH is 1. The van der Waals surface area contributed by atoms with Crippen LogP contribution in [0.3, 0.4) is 0 Å². The van der Waals surface area contributed by atoms with Gasteiger partial charge in [0.05, 0.1) is 6.61 Å². The second kappa shape index (κ2) is 60.9. The summed E-state index contributed by atoms with van der Waals surface area (Å²) in [6.45, 7) is 4.06. The first-order chi connectivity index (χ1) is 34.6. The molecule has 408 valence electrons. The third-order valence-corrected chi connectivity index (χ3v) is 13.8. The molecule has 5 heteroatoms. The summed E-state index contributed by atoms with van der Waals surface area (Å²) < 4.78 is 10.7. The van der Waals surface area contributed by atoms with Crippen LogP contribution in [0.4, 0.5) is 0 Å². The minimum atomic E-state index is -0.776. The van der Waals surface area contributed by atoms with Crippen LogP contribution in [-0.4, -0.2) is 36.4 Å². The Kier molecular flexibility index (Phi) is 58.8. The fourth-order valence-corrected chi connectivity index (χ4v) is 9.19. The van der Waals surface area contributed by atoms with Crippen LogP contribution in [0.2, 0.25) is 0 Å². The summed E-state index contributed by atoms with van der Waals surface area (Å²) in [5.74, 6) is -0.582. The summed E-state index contributed by atoms with van der Waals surface area (Å²) in [7, 11) is 0. The van der Waals surface area contributed by atoms with Crippen molar-refractivity contribution in [2.75, 3.05) is 13.2 Å². The number of hydrogen-bond donors (Lipinski definition) is 1. The smallest absolute Gasteiger partial charge is 0.306 e. The zero-order valence-corrected chi connectivity index (χ0v) is 46.8. The molecule has 5 nitrogen and oxygen atoms in total. The second-order valence-corrected chi connectivity index (χ2v) is 20.8. The third-order valence-electron chi connectivity index (χ3n) is 13.8. The average Bonchev–Trinajstić information content (AvgIpc) is 3.36. The van der Waals surface area contributed by atoms with E-state index in [1.807, 2.05) is 0 Å². The predicted molar refractivity (Wildman–Crippen MR) is 307 cm³/mol. The largest absolute Gasteiger partial charge is 0.462 e. The minimum absolute atomic E-state index is 0.0657. The summed E-state index contributed by atoms with van der Waals surface area (Å²) in [5.41, 5.74) is 0. The lowest BCUT2D eigenvalue weighted by Gasteiger charge is -2.15. The van der Waals surface area contributed by atoms with Gasteiger partial charge >= 0.3 is 11.9 Å². The molecule has 0 aromatic heterocycles. The van der Waals surface area contributed by atoms with Crippen molar-refractivity contribution in [2.24, 2.45) is 0 Å². The van der Waals surface area contributed by atoms with Gasteiger partial charge < -0.3 is 14.6 Å². The Morgan fingerprint density at radius 3 is 0.943 bits per heavy atom. The highest BCUT2D eigenvalue weighted by Gasteiger charge is 2.16. The normalized spacial score (nSPS) is 12.6. The zero-order chi connectivity index (χ0) is 50.6. The molecule has 0 rings (SSSR count). The van der Waals surface area contributed by atoms with Crippen LogP contribution in [0.25, 0.3) is 0 Å². The zero-order valence-electron chi connectivity index (χ0n) is 46.8. The van der Waals surface area contributed by atoms with E-state index in [-0.39, 0.29) is 25.2 Å². The monoisotopic (exact) mass is 979 g/mol. The molecule has 0 saturated carbocycles. The van der Waals surface area contributed by atoms with E-state index in [9.17, 15) is 14.7 Å². The number of rotatable bonds is 57. The van der Waals surface area contributed by atoms with Gasteiger partial charge in [-0.15, -0.1) is 0 Å². The van der Waals surface area contributed by atoms with Crippen LogP contribution in [0.15, 0.2) is 60.8 Å². The molecule has 0 radical (unpaired) electrons. The summed E-state index contributed by atoms with van der Waals surface area (Å²) in [6.07, 6.45) is 82.2. The first-order valence-corrected chi connectivity index (χ1v) is 30.8. The van der Waals surface area contributed by atoms with E-state index in [1.54, 1.807) is 0 Å². The maximum absolute atomic E-state index is 12.3. The van der Waals surface area contributed by atoms with Gasteiger partial charge in [-0.05, 0) is 77.0 Å². The summed E-state index contributed by atoms with van der Waals surface area (Å²) >= 11 is 0. The number of allylic oxidation sites excluding steroid dienone is 10. The molecule has 0 fully saturated rings. The molecule has 0 aromatic carbocycles. The number of carbonyl (C=O) groups is 2. The molecule has 0 aliphatic rings. The molecule has 1 atom stereocenters. The van der Waals surface area contributed by atoms with E-state index in [0.717, 1.165) is 64.2 Å². The van der Waals surface area contributed by atoms with Gasteiger partial charge in [-0.25, -0.2) is 0 Å². The Bertz CT molecular complexity index is 1200. The van der Waals surface area contributed by atoms with Gasteiger partial charge in [0.1, 0.15) is 6.61 Å². The molecule has 0 saturated heterocycles. The second-order valence-electron chi connectivity index (χ2n) is 20.8. The van der Waals surface area contributed by atoms with Crippen molar-refractivity contribution in [3.05, 3.63) is 60.8 Å². The lowest BCUT2D eigenvalue weighted by Crippen LogP contribution is -2.28. The summed E-state index contributed by atoms with van der Waals surface area (Å²) in [6, 6.07) is 0. The van der Waals surface area contributed by atoms with Crippen molar-refractivity contribution in [3.8, 4) is 0 Å². The highest BCUT2D eigenvalue weighted by atomic mass is 16.6. The van der Waals surface area contributed by atoms with Gasteiger partial charge in [0, 0.05) is 12.8 Å². The van der Waals surface area contributed by atoms with Gasteiger partial charge in [0.15, 0.2) is 6.10 Å². The van der Waals surface area contributed by atoms with Crippen molar-refractivity contribution in [3.63, 3.8) is 0 Å². The SMILES string of the molecule is CC/C=C\C/C=C\C/C=C\C/C=C\CCCCCCCCCCCCC(=O)OC(CO)COC(=O)CCCCCCCCCCCCCCCCCCCCCCC/C=C\CCCCCCCCCC. The number of ether oxygens (including phenoxy) is 2. The van der Waals surface area contributed by atoms with Gasteiger partial charge in [-0.2, -0.15) is 0 Å². The highest BCUT2D eigenvalue weighted by Crippen LogP contribution is 2.17. The lowest BCUT2D eigenvalue weighted by molar-refractivity contribution is -0.161. The lowest BCUT2D eigenvalue weighted by atomic mass is 10.0. The molecular formula is C65H118O5. The third kappa shape index (κ3) is 58.2. The molecule has 0 bridgehead atoms. The maximum atomic E-state index is 12.3. The van der Waals surface area contributed by atoms with Gasteiger partial charge in [-0.1, -0.05) is 293 Å². The van der Waals surface area contributed by atoms with Gasteiger partial charge in [0.2, 0.25) is 0 Å². The Morgan fingerprint density at radius 1 is 0.343 bits per heavy atom. The fourth-order valence-electron chi connectivity index (χ4n) is 9.19. The van der Waals surface area contributed by atoms with E-state index in [0.29, 0.717) is 12.8 Å². The van der Waals surface area contributed by atoms with Crippen LogP contribution >= 0.6 is 0 Å². The summed E-state index contributed by atoms with van der Waals surface area (Å²) in [4.78, 5) is 24.6. The quantitative estimate of drug-likeness (QED) is 0.0373. The first kappa shape index (κ1) is 67.6. The standard InChI is InChI=1S/C65H118O5/c1-3-5-7-9-11-13-15-17-19-21-23-25-27-28-29-30-31-32-33-34-35-36-38-39-41-43-45-47-49-51-53-55-57-59-64(67)69-62-63(61-66)70-65(68)60-58-56-54-52-50-48-46-44-42-40-37-26-24-22-20-18-16-14-12-10-8-6-4-2/h6,8,12,14,18,20-21,23-24,26,63,66H,3-5,7,9-11,13,15-17,19,22,25,27-62H2,1-2H3/b8-6-,14-12-,20-18-,23-21-,26-24-. The molecule has 1 unspecified atom stereocenters. The van der Waals surface area contributed by atoms with E-state index < -0.39 is 6.10 Å². The van der Waals surface area contributed by atoms with Crippen molar-refractivity contribution in [1.29, 1.82) is 0 Å². The molecule has 0 aliphatic carbocycles. The van der Waals surface area contributed by atoms with Crippen molar-refractivity contribution >= 4 is 11.9 Å². The van der Waals surface area contributed by atoms with Gasteiger partial charge in [-0.3, -0.25) is 9.59 Å². The Hall–Kier alpha value is -2.40. The molecule has 1 N–H and O–H groups in total. The van der Waals surface area contributed by atoms with Crippen molar-refractivity contribution < 1.29 is 24.2 Å². The fraction of sp³-hybridized carbons (Fsp3) is 0.815. The van der Waals surface area contributed by atoms with E-state index in [2.05, 4.69) is 74.6 Å².